The Hall–Kier alpha value is -2.57. The van der Waals surface area contributed by atoms with Crippen molar-refractivity contribution in [3.05, 3.63) is 71.1 Å². The highest BCUT2D eigenvalue weighted by Crippen LogP contribution is 2.29. The van der Waals surface area contributed by atoms with Crippen LogP contribution in [0.25, 0.3) is 10.4 Å². The van der Waals surface area contributed by atoms with Crippen LogP contribution in [0.5, 0.6) is 0 Å². The van der Waals surface area contributed by atoms with Gasteiger partial charge in [-0.25, -0.2) is 4.98 Å². The molecule has 1 aromatic carbocycles. The zero-order valence-electron chi connectivity index (χ0n) is 17.4. The highest BCUT2D eigenvalue weighted by Gasteiger charge is 2.20. The Labute approximate surface area is 182 Å². The molecule has 6 heteroatoms. The van der Waals surface area contributed by atoms with Crippen LogP contribution in [0, 0.1) is 12.8 Å². The SMILES string of the molecule is Cc1nc(C(=O)NCCC2CCN(Cc3ccccc3)CC2)sc1-c1cccnc1. The Balaban J connectivity index is 1.21. The Bertz CT molecular complexity index is 950. The van der Waals surface area contributed by atoms with Gasteiger partial charge in [0.1, 0.15) is 0 Å². The summed E-state index contributed by atoms with van der Waals surface area (Å²) in [6.45, 7) is 5.95. The minimum atomic E-state index is -0.0697. The van der Waals surface area contributed by atoms with Crippen LogP contribution in [0.2, 0.25) is 0 Å². The van der Waals surface area contributed by atoms with Crippen molar-refractivity contribution in [3.63, 3.8) is 0 Å². The predicted octanol–water partition coefficient (Wildman–Crippen LogP) is 4.55. The van der Waals surface area contributed by atoms with Crippen molar-refractivity contribution in [2.45, 2.75) is 32.7 Å². The van der Waals surface area contributed by atoms with Crippen LogP contribution in [-0.2, 0) is 6.54 Å². The fourth-order valence-electron chi connectivity index (χ4n) is 4.00. The Morgan fingerprint density at radius 3 is 2.70 bits per heavy atom. The van der Waals surface area contributed by atoms with Crippen LogP contribution in [0.1, 0.15) is 40.3 Å². The van der Waals surface area contributed by atoms with Crippen molar-refractivity contribution in [2.24, 2.45) is 5.92 Å². The van der Waals surface area contributed by atoms with E-state index >= 15 is 0 Å². The topological polar surface area (TPSA) is 58.1 Å². The van der Waals surface area contributed by atoms with Gasteiger partial charge in [-0.15, -0.1) is 11.3 Å². The van der Waals surface area contributed by atoms with Crippen molar-refractivity contribution < 1.29 is 4.79 Å². The molecule has 5 nitrogen and oxygen atoms in total. The second-order valence-electron chi connectivity index (χ2n) is 7.92. The Kier molecular flexibility index (Phi) is 6.87. The average Bonchev–Trinajstić information content (AvgIpc) is 3.18. The van der Waals surface area contributed by atoms with Crippen molar-refractivity contribution in [3.8, 4) is 10.4 Å². The number of carbonyl (C=O) groups is 1. The van der Waals surface area contributed by atoms with Gasteiger partial charge in [0, 0.05) is 31.0 Å². The molecule has 0 saturated carbocycles. The predicted molar refractivity (Wildman–Crippen MR) is 121 cm³/mol. The first kappa shape index (κ1) is 20.7. The fraction of sp³-hybridized carbons (Fsp3) is 0.375. The molecule has 1 aliphatic heterocycles. The molecule has 2 aromatic heterocycles. The summed E-state index contributed by atoms with van der Waals surface area (Å²) >= 11 is 1.44. The third-order valence-corrected chi connectivity index (χ3v) is 6.91. The van der Waals surface area contributed by atoms with E-state index < -0.39 is 0 Å². The molecular formula is C24H28N4OS. The van der Waals surface area contributed by atoms with E-state index in [1.54, 1.807) is 6.20 Å². The number of amides is 1. The van der Waals surface area contributed by atoms with Crippen molar-refractivity contribution in [1.82, 2.24) is 20.2 Å². The fourth-order valence-corrected chi connectivity index (χ4v) is 4.97. The maximum atomic E-state index is 12.6. The van der Waals surface area contributed by atoms with E-state index in [0.29, 0.717) is 17.5 Å². The standard InChI is InChI=1S/C24H28N4OS/c1-18-22(21-8-5-12-25-16-21)30-24(27-18)23(29)26-13-9-19-10-14-28(15-11-19)17-20-6-3-2-4-7-20/h2-8,12,16,19H,9-11,13-15,17H2,1H3,(H,26,29). The van der Waals surface area contributed by atoms with E-state index in [1.807, 2.05) is 25.3 Å². The zero-order valence-corrected chi connectivity index (χ0v) is 18.2. The Morgan fingerprint density at radius 1 is 1.17 bits per heavy atom. The van der Waals surface area contributed by atoms with Gasteiger partial charge >= 0.3 is 0 Å². The second kappa shape index (κ2) is 9.96. The molecule has 156 valence electrons. The molecule has 3 heterocycles. The molecule has 1 N–H and O–H groups in total. The molecular weight excluding hydrogens is 392 g/mol. The quantitative estimate of drug-likeness (QED) is 0.609. The van der Waals surface area contributed by atoms with Gasteiger partial charge in [-0.05, 0) is 56.8 Å². The summed E-state index contributed by atoms with van der Waals surface area (Å²) in [5.41, 5.74) is 3.27. The van der Waals surface area contributed by atoms with Crippen LogP contribution in [-0.4, -0.2) is 40.4 Å². The van der Waals surface area contributed by atoms with Gasteiger partial charge in [0.2, 0.25) is 0 Å². The number of aryl methyl sites for hydroxylation is 1. The number of carbonyl (C=O) groups excluding carboxylic acids is 1. The number of hydrogen-bond acceptors (Lipinski definition) is 5. The molecule has 0 radical (unpaired) electrons. The molecule has 0 unspecified atom stereocenters. The van der Waals surface area contributed by atoms with Gasteiger partial charge in [-0.3, -0.25) is 14.7 Å². The molecule has 1 amide bonds. The minimum Gasteiger partial charge on any atom is -0.350 e. The number of piperidine rings is 1. The smallest absolute Gasteiger partial charge is 0.280 e. The van der Waals surface area contributed by atoms with Crippen LogP contribution in [0.15, 0.2) is 54.9 Å². The van der Waals surface area contributed by atoms with Crippen LogP contribution in [0.3, 0.4) is 0 Å². The number of nitrogens with zero attached hydrogens (tertiary/aromatic N) is 3. The third-order valence-electron chi connectivity index (χ3n) is 5.71. The van der Waals surface area contributed by atoms with Crippen molar-refractivity contribution in [2.75, 3.05) is 19.6 Å². The summed E-state index contributed by atoms with van der Waals surface area (Å²) < 4.78 is 0. The summed E-state index contributed by atoms with van der Waals surface area (Å²) in [4.78, 5) is 24.7. The summed E-state index contributed by atoms with van der Waals surface area (Å²) in [6, 6.07) is 14.6. The molecule has 1 fully saturated rings. The number of thiazole rings is 1. The molecule has 0 spiro atoms. The molecule has 3 aromatic rings. The van der Waals surface area contributed by atoms with E-state index in [1.165, 1.54) is 29.7 Å². The zero-order chi connectivity index (χ0) is 20.8. The maximum absolute atomic E-state index is 12.6. The van der Waals surface area contributed by atoms with Gasteiger partial charge in [-0.2, -0.15) is 0 Å². The summed E-state index contributed by atoms with van der Waals surface area (Å²) in [5.74, 6) is 0.612. The lowest BCUT2D eigenvalue weighted by molar-refractivity contribution is 0.0947. The number of benzene rings is 1. The first-order chi connectivity index (χ1) is 14.7. The monoisotopic (exact) mass is 420 g/mol. The number of hydrogen-bond donors (Lipinski definition) is 1. The van der Waals surface area contributed by atoms with Crippen LogP contribution in [0.4, 0.5) is 0 Å². The van der Waals surface area contributed by atoms with Crippen LogP contribution >= 0.6 is 11.3 Å². The van der Waals surface area contributed by atoms with Gasteiger partial charge in [0.05, 0.1) is 10.6 Å². The lowest BCUT2D eigenvalue weighted by Crippen LogP contribution is -2.34. The van der Waals surface area contributed by atoms with Gasteiger partial charge < -0.3 is 5.32 Å². The second-order valence-corrected chi connectivity index (χ2v) is 8.92. The number of pyridine rings is 1. The number of rotatable bonds is 7. The van der Waals surface area contributed by atoms with E-state index in [2.05, 4.69) is 50.5 Å². The first-order valence-corrected chi connectivity index (χ1v) is 11.4. The van der Waals surface area contributed by atoms with E-state index in [9.17, 15) is 4.79 Å². The maximum Gasteiger partial charge on any atom is 0.280 e. The third kappa shape index (κ3) is 5.32. The molecule has 4 rings (SSSR count). The average molecular weight is 421 g/mol. The van der Waals surface area contributed by atoms with E-state index in [0.717, 1.165) is 42.2 Å². The van der Waals surface area contributed by atoms with Crippen LogP contribution < -0.4 is 5.32 Å². The number of likely N-dealkylation sites (tertiary alicyclic amines) is 1. The van der Waals surface area contributed by atoms with E-state index in [4.69, 9.17) is 0 Å². The molecule has 0 aliphatic carbocycles. The first-order valence-electron chi connectivity index (χ1n) is 10.6. The molecule has 1 saturated heterocycles. The molecule has 1 aliphatic rings. The Morgan fingerprint density at radius 2 is 1.97 bits per heavy atom. The van der Waals surface area contributed by atoms with Gasteiger partial charge in [-0.1, -0.05) is 36.4 Å². The number of aromatic nitrogens is 2. The largest absolute Gasteiger partial charge is 0.350 e. The summed E-state index contributed by atoms with van der Waals surface area (Å²) in [5, 5.41) is 3.60. The lowest BCUT2D eigenvalue weighted by atomic mass is 9.93. The highest BCUT2D eigenvalue weighted by atomic mass is 32.1. The lowest BCUT2D eigenvalue weighted by Gasteiger charge is -2.32. The summed E-state index contributed by atoms with van der Waals surface area (Å²) in [6.07, 6.45) is 6.99. The van der Waals surface area contributed by atoms with Gasteiger partial charge in [0.25, 0.3) is 5.91 Å². The van der Waals surface area contributed by atoms with Gasteiger partial charge in [0.15, 0.2) is 5.01 Å². The normalized spacial score (nSPS) is 15.2. The summed E-state index contributed by atoms with van der Waals surface area (Å²) in [7, 11) is 0. The minimum absolute atomic E-state index is 0.0697. The highest BCUT2D eigenvalue weighted by molar-refractivity contribution is 7.17. The molecule has 0 atom stereocenters. The molecule has 30 heavy (non-hydrogen) atoms. The molecule has 0 bridgehead atoms. The van der Waals surface area contributed by atoms with Crippen molar-refractivity contribution in [1.29, 1.82) is 0 Å². The van der Waals surface area contributed by atoms with E-state index in [-0.39, 0.29) is 5.91 Å². The van der Waals surface area contributed by atoms with Crippen molar-refractivity contribution >= 4 is 17.2 Å². The number of nitrogens with one attached hydrogen (secondary N) is 1.